The fourth-order valence-corrected chi connectivity index (χ4v) is 2.42. The summed E-state index contributed by atoms with van der Waals surface area (Å²) in [7, 11) is 1.51. The van der Waals surface area contributed by atoms with Crippen LogP contribution in [0, 0.1) is 0 Å². The highest BCUT2D eigenvalue weighted by molar-refractivity contribution is 9.10. The molecule has 0 unspecified atom stereocenters. The van der Waals surface area contributed by atoms with Crippen molar-refractivity contribution in [3.63, 3.8) is 0 Å². The molecule has 23 heavy (non-hydrogen) atoms. The molecule has 6 nitrogen and oxygen atoms in total. The van der Waals surface area contributed by atoms with Gasteiger partial charge in [-0.3, -0.25) is 9.59 Å². The highest BCUT2D eigenvalue weighted by Gasteiger charge is 2.19. The number of halogens is 1. The van der Waals surface area contributed by atoms with E-state index in [4.69, 9.17) is 9.47 Å². The maximum absolute atomic E-state index is 12.3. The molecule has 0 aliphatic rings. The van der Waals surface area contributed by atoms with E-state index in [-0.39, 0.29) is 11.8 Å². The van der Waals surface area contributed by atoms with Gasteiger partial charge < -0.3 is 20.1 Å². The molecule has 2 amide bonds. The largest absolute Gasteiger partial charge is 0.493 e. The zero-order chi connectivity index (χ0) is 17.4. The van der Waals surface area contributed by atoms with Crippen molar-refractivity contribution in [3.8, 4) is 11.5 Å². The highest BCUT2D eigenvalue weighted by atomic mass is 79.9. The average Bonchev–Trinajstić information content (AvgIpc) is 2.53. The van der Waals surface area contributed by atoms with Crippen LogP contribution in [0.25, 0.3) is 0 Å². The normalized spacial score (nSPS) is 11.5. The third-order valence-electron chi connectivity index (χ3n) is 3.03. The molecule has 0 heterocycles. The first-order chi connectivity index (χ1) is 10.9. The molecule has 0 aliphatic heterocycles. The van der Waals surface area contributed by atoms with Crippen molar-refractivity contribution in [2.24, 2.45) is 0 Å². The van der Waals surface area contributed by atoms with Crippen LogP contribution in [0.1, 0.15) is 37.6 Å². The Morgan fingerprint density at radius 3 is 2.57 bits per heavy atom. The summed E-state index contributed by atoms with van der Waals surface area (Å²) in [5.74, 6) is 0.436. The van der Waals surface area contributed by atoms with Gasteiger partial charge in [-0.05, 0) is 48.3 Å². The molecule has 7 heteroatoms. The number of benzene rings is 1. The monoisotopic (exact) mass is 386 g/mol. The first-order valence-corrected chi connectivity index (χ1v) is 8.32. The smallest absolute Gasteiger partial charge is 0.252 e. The molecule has 0 aromatic heterocycles. The van der Waals surface area contributed by atoms with Crippen molar-refractivity contribution in [2.45, 2.75) is 33.2 Å². The van der Waals surface area contributed by atoms with Gasteiger partial charge >= 0.3 is 0 Å². The van der Waals surface area contributed by atoms with E-state index in [0.29, 0.717) is 34.7 Å². The Morgan fingerprint density at radius 2 is 2.00 bits per heavy atom. The van der Waals surface area contributed by atoms with E-state index in [2.05, 4.69) is 26.6 Å². The summed E-state index contributed by atoms with van der Waals surface area (Å²) < 4.78 is 11.5. The number of ether oxygens (including phenoxy) is 2. The van der Waals surface area contributed by atoms with Crippen molar-refractivity contribution in [1.29, 1.82) is 0 Å². The second-order valence-electron chi connectivity index (χ2n) is 4.93. The van der Waals surface area contributed by atoms with Gasteiger partial charge in [0, 0.05) is 12.1 Å². The molecule has 1 atom stereocenters. The number of carbonyl (C=O) groups is 2. The molecule has 0 aliphatic carbocycles. The Labute approximate surface area is 145 Å². The Bertz CT molecular complexity index is 563. The Morgan fingerprint density at radius 1 is 1.30 bits per heavy atom. The van der Waals surface area contributed by atoms with Gasteiger partial charge in [-0.15, -0.1) is 0 Å². The molecule has 1 aromatic carbocycles. The van der Waals surface area contributed by atoms with Gasteiger partial charge in [0.05, 0.1) is 18.2 Å². The van der Waals surface area contributed by atoms with Crippen molar-refractivity contribution in [2.75, 3.05) is 20.3 Å². The van der Waals surface area contributed by atoms with Crippen LogP contribution in [0.2, 0.25) is 0 Å². The fourth-order valence-electron chi connectivity index (χ4n) is 1.87. The Balaban J connectivity index is 2.93. The number of hydrogen-bond acceptors (Lipinski definition) is 4. The Hall–Kier alpha value is -1.76. The van der Waals surface area contributed by atoms with Crippen LogP contribution < -0.4 is 20.1 Å². The second-order valence-corrected chi connectivity index (χ2v) is 5.78. The standard InChI is InChI=1S/C16H23BrN2O4/c1-5-7-23-14-12(17)8-11(9-13(14)22-4)16(21)19-10(3)15(20)18-6-2/h8-10H,5-7H2,1-4H3,(H,18,20)(H,19,21)/t10-/m0/s1. The fraction of sp³-hybridized carbons (Fsp3) is 0.500. The summed E-state index contributed by atoms with van der Waals surface area (Å²) >= 11 is 3.39. The average molecular weight is 387 g/mol. The lowest BCUT2D eigenvalue weighted by Gasteiger charge is -2.16. The van der Waals surface area contributed by atoms with E-state index in [0.717, 1.165) is 6.42 Å². The molecular weight excluding hydrogens is 364 g/mol. The summed E-state index contributed by atoms with van der Waals surface area (Å²) in [6, 6.07) is 2.62. The predicted octanol–water partition coefficient (Wildman–Crippen LogP) is 2.50. The Kier molecular flexibility index (Phi) is 7.88. The molecule has 0 spiro atoms. The van der Waals surface area contributed by atoms with Crippen LogP contribution in [-0.2, 0) is 4.79 Å². The van der Waals surface area contributed by atoms with Gasteiger partial charge in [-0.1, -0.05) is 6.92 Å². The first-order valence-electron chi connectivity index (χ1n) is 7.53. The van der Waals surface area contributed by atoms with Gasteiger partial charge in [-0.2, -0.15) is 0 Å². The summed E-state index contributed by atoms with van der Waals surface area (Å²) in [4.78, 5) is 24.0. The topological polar surface area (TPSA) is 76.7 Å². The second kappa shape index (κ2) is 9.39. The number of methoxy groups -OCH3 is 1. The molecule has 0 saturated heterocycles. The van der Waals surface area contributed by atoms with E-state index < -0.39 is 6.04 Å². The molecule has 0 fully saturated rings. The number of amides is 2. The number of nitrogens with one attached hydrogen (secondary N) is 2. The van der Waals surface area contributed by atoms with Gasteiger partial charge in [-0.25, -0.2) is 0 Å². The number of likely N-dealkylation sites (N-methyl/N-ethyl adjacent to an activating group) is 1. The number of hydrogen-bond donors (Lipinski definition) is 2. The van der Waals surface area contributed by atoms with Crippen LogP contribution >= 0.6 is 15.9 Å². The van der Waals surface area contributed by atoms with E-state index in [9.17, 15) is 9.59 Å². The molecule has 0 bridgehead atoms. The van der Waals surface area contributed by atoms with Gasteiger partial charge in [0.15, 0.2) is 11.5 Å². The van der Waals surface area contributed by atoms with Crippen molar-refractivity contribution >= 4 is 27.7 Å². The minimum absolute atomic E-state index is 0.227. The minimum Gasteiger partial charge on any atom is -0.493 e. The molecule has 2 N–H and O–H groups in total. The van der Waals surface area contributed by atoms with Crippen molar-refractivity contribution in [3.05, 3.63) is 22.2 Å². The van der Waals surface area contributed by atoms with E-state index in [1.165, 1.54) is 7.11 Å². The number of carbonyl (C=O) groups excluding carboxylic acids is 2. The van der Waals surface area contributed by atoms with E-state index >= 15 is 0 Å². The maximum atomic E-state index is 12.3. The van der Waals surface area contributed by atoms with E-state index in [1.54, 1.807) is 19.1 Å². The number of rotatable bonds is 8. The zero-order valence-corrected chi connectivity index (χ0v) is 15.5. The molecule has 0 saturated carbocycles. The molecule has 0 radical (unpaired) electrons. The van der Waals surface area contributed by atoms with Gasteiger partial charge in [0.2, 0.25) is 5.91 Å². The van der Waals surface area contributed by atoms with Crippen LogP contribution in [0.5, 0.6) is 11.5 Å². The van der Waals surface area contributed by atoms with E-state index in [1.807, 2.05) is 13.8 Å². The van der Waals surface area contributed by atoms with Crippen molar-refractivity contribution < 1.29 is 19.1 Å². The molecule has 128 valence electrons. The summed E-state index contributed by atoms with van der Waals surface area (Å²) in [6.45, 7) is 6.53. The summed E-state index contributed by atoms with van der Waals surface area (Å²) in [6.07, 6.45) is 0.863. The predicted molar refractivity (Wildman–Crippen MR) is 92.1 cm³/mol. The minimum atomic E-state index is -0.622. The SMILES string of the molecule is CCCOc1c(Br)cc(C(=O)N[C@@H](C)C(=O)NCC)cc1OC. The zero-order valence-electron chi connectivity index (χ0n) is 13.9. The molecule has 1 aromatic rings. The lowest BCUT2D eigenvalue weighted by atomic mass is 10.1. The highest BCUT2D eigenvalue weighted by Crippen LogP contribution is 2.36. The third kappa shape index (κ3) is 5.42. The van der Waals surface area contributed by atoms with Crippen molar-refractivity contribution in [1.82, 2.24) is 10.6 Å². The molecular formula is C16H23BrN2O4. The van der Waals surface area contributed by atoms with Crippen LogP contribution in [-0.4, -0.2) is 38.1 Å². The molecule has 1 rings (SSSR count). The van der Waals surface area contributed by atoms with Crippen LogP contribution in [0.3, 0.4) is 0 Å². The maximum Gasteiger partial charge on any atom is 0.252 e. The summed E-state index contributed by atoms with van der Waals surface area (Å²) in [5, 5.41) is 5.31. The summed E-state index contributed by atoms with van der Waals surface area (Å²) in [5.41, 5.74) is 0.383. The third-order valence-corrected chi connectivity index (χ3v) is 3.62. The lowest BCUT2D eigenvalue weighted by Crippen LogP contribution is -2.44. The van der Waals surface area contributed by atoms with Gasteiger partial charge in [0.25, 0.3) is 5.91 Å². The quantitative estimate of drug-likeness (QED) is 0.719. The van der Waals surface area contributed by atoms with Gasteiger partial charge in [0.1, 0.15) is 6.04 Å². The lowest BCUT2D eigenvalue weighted by molar-refractivity contribution is -0.122. The van der Waals surface area contributed by atoms with Crippen LogP contribution in [0.15, 0.2) is 16.6 Å². The first kappa shape index (κ1) is 19.3. The van der Waals surface area contributed by atoms with Crippen LogP contribution in [0.4, 0.5) is 0 Å².